The zero-order chi connectivity index (χ0) is 27.1. The number of hydrogen-bond acceptors (Lipinski definition) is 4. The molecule has 6 nitrogen and oxygen atoms in total. The van der Waals surface area contributed by atoms with Crippen molar-refractivity contribution in [3.63, 3.8) is 0 Å². The minimum absolute atomic E-state index is 0.0252. The summed E-state index contributed by atoms with van der Waals surface area (Å²) >= 11 is 0. The maximum absolute atomic E-state index is 12.8. The third-order valence-corrected chi connectivity index (χ3v) is 5.86. The van der Waals surface area contributed by atoms with Crippen molar-refractivity contribution in [2.24, 2.45) is 0 Å². The molecule has 0 aliphatic heterocycles. The van der Waals surface area contributed by atoms with Crippen LogP contribution in [-0.2, 0) is 17.5 Å². The zero-order valence-electron chi connectivity index (χ0n) is 20.1. The Morgan fingerprint density at radius 1 is 0.816 bits per heavy atom. The van der Waals surface area contributed by atoms with Crippen LogP contribution < -0.4 is 10.6 Å². The molecule has 4 aromatic rings. The van der Waals surface area contributed by atoms with Crippen LogP contribution in [0.5, 0.6) is 0 Å². The fourth-order valence-electron chi connectivity index (χ4n) is 3.85. The number of amides is 1. The number of aliphatic carboxylic acids is 1. The van der Waals surface area contributed by atoms with Gasteiger partial charge >= 0.3 is 12.1 Å². The van der Waals surface area contributed by atoms with Gasteiger partial charge in [0.2, 0.25) is 0 Å². The lowest BCUT2D eigenvalue weighted by Gasteiger charge is -2.13. The Labute approximate surface area is 217 Å². The predicted molar refractivity (Wildman–Crippen MR) is 138 cm³/mol. The van der Waals surface area contributed by atoms with Crippen LogP contribution in [0, 0.1) is 0 Å². The van der Waals surface area contributed by atoms with Crippen LogP contribution >= 0.6 is 0 Å². The van der Waals surface area contributed by atoms with E-state index in [1.165, 1.54) is 12.1 Å². The van der Waals surface area contributed by atoms with Crippen LogP contribution in [0.15, 0.2) is 91.1 Å². The SMILES string of the molecule is O=C(O)CCNC(=O)c1ccc(-c2ccccc2CNc2ccc(-c3ccc(C(F)(F)F)cc3)cc2)cn1. The molecule has 3 aromatic carbocycles. The zero-order valence-corrected chi connectivity index (χ0v) is 20.1. The molecule has 0 atom stereocenters. The molecule has 0 fully saturated rings. The molecule has 0 bridgehead atoms. The van der Waals surface area contributed by atoms with E-state index < -0.39 is 23.6 Å². The lowest BCUT2D eigenvalue weighted by atomic mass is 10.0. The quantitative estimate of drug-likeness (QED) is 0.243. The number of halogens is 3. The molecular formula is C29H24F3N3O3. The van der Waals surface area contributed by atoms with Crippen molar-refractivity contribution in [2.45, 2.75) is 19.1 Å². The van der Waals surface area contributed by atoms with Crippen molar-refractivity contribution in [1.29, 1.82) is 0 Å². The molecule has 0 unspecified atom stereocenters. The Bertz CT molecular complexity index is 1400. The van der Waals surface area contributed by atoms with E-state index in [1.54, 1.807) is 18.3 Å². The Balaban J connectivity index is 1.40. The van der Waals surface area contributed by atoms with E-state index in [0.717, 1.165) is 40.1 Å². The number of carboxylic acid groups (broad SMARTS) is 1. The van der Waals surface area contributed by atoms with Gasteiger partial charge in [0.15, 0.2) is 0 Å². The number of rotatable bonds is 9. The van der Waals surface area contributed by atoms with Crippen molar-refractivity contribution in [2.75, 3.05) is 11.9 Å². The van der Waals surface area contributed by atoms with Gasteiger partial charge in [-0.25, -0.2) is 0 Å². The topological polar surface area (TPSA) is 91.3 Å². The van der Waals surface area contributed by atoms with E-state index in [0.29, 0.717) is 12.1 Å². The Hall–Kier alpha value is -4.66. The maximum Gasteiger partial charge on any atom is 0.416 e. The Morgan fingerprint density at radius 3 is 2.05 bits per heavy atom. The van der Waals surface area contributed by atoms with Gasteiger partial charge < -0.3 is 15.7 Å². The fraction of sp³-hybridized carbons (Fsp3) is 0.138. The summed E-state index contributed by atoms with van der Waals surface area (Å²) in [7, 11) is 0. The van der Waals surface area contributed by atoms with E-state index in [-0.39, 0.29) is 18.7 Å². The molecule has 194 valence electrons. The van der Waals surface area contributed by atoms with Crippen molar-refractivity contribution >= 4 is 17.6 Å². The number of nitrogens with one attached hydrogen (secondary N) is 2. The van der Waals surface area contributed by atoms with Crippen molar-refractivity contribution in [1.82, 2.24) is 10.3 Å². The van der Waals surface area contributed by atoms with Gasteiger partial charge in [-0.3, -0.25) is 14.6 Å². The monoisotopic (exact) mass is 519 g/mol. The van der Waals surface area contributed by atoms with Crippen LogP contribution in [0.25, 0.3) is 22.3 Å². The summed E-state index contributed by atoms with van der Waals surface area (Å²) in [5, 5.41) is 14.6. The standard InChI is InChI=1S/C29H24F3N3O3/c30-29(31,32)23-10-5-19(6-11-23)20-7-12-24(13-8-20)34-17-21-3-1-2-4-25(21)22-9-14-26(35-18-22)28(38)33-16-15-27(36)37/h1-14,18,34H,15-17H2,(H,33,38)(H,36,37). The molecule has 0 aliphatic carbocycles. The molecule has 9 heteroatoms. The molecule has 4 rings (SSSR count). The average molecular weight is 520 g/mol. The lowest BCUT2D eigenvalue weighted by Crippen LogP contribution is -2.26. The van der Waals surface area contributed by atoms with Crippen molar-refractivity contribution in [3.8, 4) is 22.3 Å². The van der Waals surface area contributed by atoms with Crippen molar-refractivity contribution < 1.29 is 27.9 Å². The Morgan fingerprint density at radius 2 is 1.45 bits per heavy atom. The van der Waals surface area contributed by atoms with E-state index in [4.69, 9.17) is 5.11 Å². The average Bonchev–Trinajstić information content (AvgIpc) is 2.92. The van der Waals surface area contributed by atoms with Crippen LogP contribution in [-0.4, -0.2) is 28.5 Å². The van der Waals surface area contributed by atoms with Gasteiger partial charge in [0, 0.05) is 30.5 Å². The van der Waals surface area contributed by atoms with E-state index in [1.807, 2.05) is 48.5 Å². The van der Waals surface area contributed by atoms with Gasteiger partial charge in [0.1, 0.15) is 5.69 Å². The highest BCUT2D eigenvalue weighted by Crippen LogP contribution is 2.31. The minimum atomic E-state index is -4.36. The van der Waals surface area contributed by atoms with Gasteiger partial charge in [-0.15, -0.1) is 0 Å². The van der Waals surface area contributed by atoms with E-state index in [2.05, 4.69) is 15.6 Å². The molecule has 0 saturated heterocycles. The number of alkyl halides is 3. The summed E-state index contributed by atoms with van der Waals surface area (Å²) in [5.74, 6) is -1.43. The third-order valence-electron chi connectivity index (χ3n) is 5.86. The molecule has 1 aromatic heterocycles. The van der Waals surface area contributed by atoms with Crippen LogP contribution in [0.1, 0.15) is 28.0 Å². The smallest absolute Gasteiger partial charge is 0.416 e. The van der Waals surface area contributed by atoms with Gasteiger partial charge in [0.25, 0.3) is 5.91 Å². The first kappa shape index (κ1) is 26.4. The summed E-state index contributed by atoms with van der Waals surface area (Å²) in [5.41, 5.74) is 4.63. The molecule has 0 spiro atoms. The molecule has 0 aliphatic rings. The first-order valence-electron chi connectivity index (χ1n) is 11.8. The number of carbonyl (C=O) groups excluding carboxylic acids is 1. The number of carbonyl (C=O) groups is 2. The first-order chi connectivity index (χ1) is 18.2. The number of carboxylic acids is 1. The predicted octanol–water partition coefficient (Wildman–Crippen LogP) is 6.25. The second-order valence-electron chi connectivity index (χ2n) is 8.49. The number of benzene rings is 3. The Kier molecular flexibility index (Phi) is 8.06. The summed E-state index contributed by atoms with van der Waals surface area (Å²) in [6.07, 6.45) is -2.93. The van der Waals surface area contributed by atoms with Crippen LogP contribution in [0.2, 0.25) is 0 Å². The molecule has 1 heterocycles. The normalized spacial score (nSPS) is 11.1. The molecule has 3 N–H and O–H groups in total. The molecule has 38 heavy (non-hydrogen) atoms. The van der Waals surface area contributed by atoms with Gasteiger partial charge in [0.05, 0.1) is 12.0 Å². The lowest BCUT2D eigenvalue weighted by molar-refractivity contribution is -0.138. The van der Waals surface area contributed by atoms with Gasteiger partial charge in [-0.2, -0.15) is 13.2 Å². The summed E-state index contributed by atoms with van der Waals surface area (Å²) in [6, 6.07) is 23.6. The maximum atomic E-state index is 12.8. The molecular weight excluding hydrogens is 495 g/mol. The van der Waals surface area contributed by atoms with E-state index >= 15 is 0 Å². The number of nitrogens with zero attached hydrogens (tertiary/aromatic N) is 1. The second kappa shape index (κ2) is 11.6. The summed E-state index contributed by atoms with van der Waals surface area (Å²) in [6.45, 7) is 0.532. The minimum Gasteiger partial charge on any atom is -0.481 e. The second-order valence-corrected chi connectivity index (χ2v) is 8.49. The highest BCUT2D eigenvalue weighted by Gasteiger charge is 2.29. The highest BCUT2D eigenvalue weighted by atomic mass is 19.4. The molecule has 0 radical (unpaired) electrons. The molecule has 0 saturated carbocycles. The number of aromatic nitrogens is 1. The van der Waals surface area contributed by atoms with Crippen molar-refractivity contribution in [3.05, 3.63) is 108 Å². The third kappa shape index (κ3) is 6.76. The fourth-order valence-corrected chi connectivity index (χ4v) is 3.85. The largest absolute Gasteiger partial charge is 0.481 e. The number of anilines is 1. The van der Waals surface area contributed by atoms with Crippen LogP contribution in [0.3, 0.4) is 0 Å². The summed E-state index contributed by atoms with van der Waals surface area (Å²) in [4.78, 5) is 27.0. The highest BCUT2D eigenvalue weighted by molar-refractivity contribution is 5.92. The molecule has 1 amide bonds. The van der Waals surface area contributed by atoms with Gasteiger partial charge in [-0.05, 0) is 52.6 Å². The number of hydrogen-bond donors (Lipinski definition) is 3. The number of pyridine rings is 1. The van der Waals surface area contributed by atoms with Gasteiger partial charge in [-0.1, -0.05) is 54.6 Å². The summed E-state index contributed by atoms with van der Waals surface area (Å²) < 4.78 is 38.4. The van der Waals surface area contributed by atoms with E-state index in [9.17, 15) is 22.8 Å². The van der Waals surface area contributed by atoms with Crippen LogP contribution in [0.4, 0.5) is 18.9 Å². The first-order valence-corrected chi connectivity index (χ1v) is 11.8.